The first kappa shape index (κ1) is 27.7. The molecule has 0 atom stereocenters. The van der Waals surface area contributed by atoms with Gasteiger partial charge in [-0.3, -0.25) is 4.79 Å². The molecule has 0 amide bonds. The van der Waals surface area contributed by atoms with E-state index >= 15 is 0 Å². The van der Waals surface area contributed by atoms with Gasteiger partial charge in [0, 0.05) is 0 Å². The third-order valence-electron chi connectivity index (χ3n) is 7.07. The Morgan fingerprint density at radius 2 is 1.26 bits per heavy atom. The van der Waals surface area contributed by atoms with Crippen molar-refractivity contribution in [3.8, 4) is 0 Å². The molecule has 0 unspecified atom stereocenters. The average molecular weight is 431 g/mol. The van der Waals surface area contributed by atoms with E-state index in [4.69, 9.17) is 0 Å². The van der Waals surface area contributed by atoms with E-state index in [9.17, 15) is 9.90 Å². The van der Waals surface area contributed by atoms with Crippen molar-refractivity contribution in [2.24, 2.45) is 10.8 Å². The summed E-state index contributed by atoms with van der Waals surface area (Å²) in [5, 5.41) is 9.26. The molecule has 31 heavy (non-hydrogen) atoms. The molecule has 1 aromatic carbocycles. The van der Waals surface area contributed by atoms with Crippen molar-refractivity contribution in [2.45, 2.75) is 132 Å². The Kier molecular flexibility index (Phi) is 11.3. The molecule has 0 aromatic heterocycles. The zero-order chi connectivity index (χ0) is 23.7. The summed E-state index contributed by atoms with van der Waals surface area (Å²) in [7, 11) is 0. The number of unbranched alkanes of at least 4 members (excludes halogenated alkanes) is 6. The van der Waals surface area contributed by atoms with Crippen molar-refractivity contribution in [3.63, 3.8) is 0 Å². The minimum Gasteiger partial charge on any atom is -0.481 e. The molecule has 0 saturated carbocycles. The first-order chi connectivity index (χ1) is 14.3. The molecule has 2 heteroatoms. The molecule has 0 aliphatic carbocycles. The SMILES string of the molecule is Cc1cc(CCCCCCC(C)(C)C)c(CCCCCCC(C)(C)C(=O)O)c(C)c1C. The highest BCUT2D eigenvalue weighted by Crippen LogP contribution is 2.28. The standard InChI is InChI=1S/C29H50O2/c1-22-21-25(17-13-9-11-15-19-28(4,5)6)26(24(3)23(22)2)18-14-10-12-16-20-29(7,8)27(30)31/h21H,9-20H2,1-8H3,(H,30,31). The van der Waals surface area contributed by atoms with Crippen LogP contribution < -0.4 is 0 Å². The van der Waals surface area contributed by atoms with Gasteiger partial charge in [0.15, 0.2) is 0 Å². The van der Waals surface area contributed by atoms with Crippen LogP contribution in [-0.4, -0.2) is 11.1 Å². The molecule has 1 N–H and O–H groups in total. The first-order valence-electron chi connectivity index (χ1n) is 12.7. The number of hydrogen-bond donors (Lipinski definition) is 1. The summed E-state index contributed by atoms with van der Waals surface area (Å²) in [6.07, 6.45) is 14.3. The van der Waals surface area contributed by atoms with Gasteiger partial charge < -0.3 is 5.11 Å². The number of rotatable bonds is 14. The van der Waals surface area contributed by atoms with Crippen molar-refractivity contribution in [1.82, 2.24) is 0 Å². The van der Waals surface area contributed by atoms with E-state index < -0.39 is 11.4 Å². The monoisotopic (exact) mass is 430 g/mol. The van der Waals surface area contributed by atoms with Gasteiger partial charge in [0.05, 0.1) is 5.41 Å². The summed E-state index contributed by atoms with van der Waals surface area (Å²) in [5.74, 6) is -0.679. The fourth-order valence-corrected chi connectivity index (χ4v) is 4.44. The molecular weight excluding hydrogens is 380 g/mol. The molecule has 2 nitrogen and oxygen atoms in total. The summed E-state index contributed by atoms with van der Waals surface area (Å²) in [5.41, 5.74) is 7.40. The second-order valence-electron chi connectivity index (χ2n) is 11.7. The molecule has 1 rings (SSSR count). The molecule has 0 saturated heterocycles. The van der Waals surface area contributed by atoms with E-state index in [1.165, 1.54) is 68.1 Å². The molecule has 0 radical (unpaired) electrons. The summed E-state index contributed by atoms with van der Waals surface area (Å²) < 4.78 is 0. The first-order valence-corrected chi connectivity index (χ1v) is 12.7. The van der Waals surface area contributed by atoms with Gasteiger partial charge in [0.25, 0.3) is 0 Å². The van der Waals surface area contributed by atoms with Crippen LogP contribution in [0.3, 0.4) is 0 Å². The van der Waals surface area contributed by atoms with E-state index in [-0.39, 0.29) is 0 Å². The van der Waals surface area contributed by atoms with Crippen LogP contribution in [0, 0.1) is 31.6 Å². The van der Waals surface area contributed by atoms with Crippen molar-refractivity contribution in [1.29, 1.82) is 0 Å². The molecule has 178 valence electrons. The van der Waals surface area contributed by atoms with Crippen LogP contribution in [0.2, 0.25) is 0 Å². The highest BCUT2D eigenvalue weighted by atomic mass is 16.4. The van der Waals surface area contributed by atoms with Gasteiger partial charge in [-0.15, -0.1) is 0 Å². The van der Waals surface area contributed by atoms with E-state index in [0.717, 1.165) is 25.7 Å². The fourth-order valence-electron chi connectivity index (χ4n) is 4.44. The van der Waals surface area contributed by atoms with Crippen molar-refractivity contribution < 1.29 is 9.90 Å². The minimum absolute atomic E-state index is 0.460. The summed E-state index contributed by atoms with van der Waals surface area (Å²) in [4.78, 5) is 11.2. The lowest BCUT2D eigenvalue weighted by molar-refractivity contribution is -0.147. The van der Waals surface area contributed by atoms with Gasteiger partial charge in [-0.05, 0) is 106 Å². The quantitative estimate of drug-likeness (QED) is 0.299. The second kappa shape index (κ2) is 12.7. The highest BCUT2D eigenvalue weighted by Gasteiger charge is 2.25. The number of benzene rings is 1. The van der Waals surface area contributed by atoms with E-state index in [0.29, 0.717) is 5.41 Å². The van der Waals surface area contributed by atoms with Crippen molar-refractivity contribution in [2.75, 3.05) is 0 Å². The van der Waals surface area contributed by atoms with Gasteiger partial charge in [-0.25, -0.2) is 0 Å². The van der Waals surface area contributed by atoms with Crippen LogP contribution in [0.15, 0.2) is 6.07 Å². The van der Waals surface area contributed by atoms with Gasteiger partial charge in [-0.1, -0.05) is 65.4 Å². The molecule has 0 fully saturated rings. The zero-order valence-electron chi connectivity index (χ0n) is 21.9. The zero-order valence-corrected chi connectivity index (χ0v) is 21.9. The molecule has 0 heterocycles. The Morgan fingerprint density at radius 1 is 0.742 bits per heavy atom. The minimum atomic E-state index is -0.679. The van der Waals surface area contributed by atoms with Crippen molar-refractivity contribution >= 4 is 5.97 Å². The van der Waals surface area contributed by atoms with E-state index in [2.05, 4.69) is 47.6 Å². The molecule has 0 bridgehead atoms. The van der Waals surface area contributed by atoms with Gasteiger partial charge in [0.1, 0.15) is 0 Å². The third-order valence-corrected chi connectivity index (χ3v) is 7.07. The van der Waals surface area contributed by atoms with E-state index in [1.54, 1.807) is 11.1 Å². The largest absolute Gasteiger partial charge is 0.481 e. The predicted molar refractivity (Wildman–Crippen MR) is 135 cm³/mol. The Balaban J connectivity index is 2.53. The van der Waals surface area contributed by atoms with Crippen LogP contribution in [0.25, 0.3) is 0 Å². The van der Waals surface area contributed by atoms with Crippen LogP contribution in [0.1, 0.15) is 127 Å². The smallest absolute Gasteiger partial charge is 0.309 e. The molecule has 0 aliphatic rings. The number of carbonyl (C=O) groups is 1. The fraction of sp³-hybridized carbons (Fsp3) is 0.759. The molecule has 1 aromatic rings. The molecular formula is C29H50O2. The van der Waals surface area contributed by atoms with Crippen LogP contribution in [-0.2, 0) is 17.6 Å². The number of aryl methyl sites for hydroxylation is 2. The maximum Gasteiger partial charge on any atom is 0.309 e. The number of aliphatic carboxylic acids is 1. The predicted octanol–water partition coefficient (Wildman–Crippen LogP) is 8.75. The Morgan fingerprint density at radius 3 is 1.81 bits per heavy atom. The maximum atomic E-state index is 11.2. The Labute approximate surface area is 193 Å². The topological polar surface area (TPSA) is 37.3 Å². The average Bonchev–Trinajstić information content (AvgIpc) is 2.66. The Bertz CT molecular complexity index is 692. The van der Waals surface area contributed by atoms with Gasteiger partial charge in [0.2, 0.25) is 0 Å². The lowest BCUT2D eigenvalue weighted by atomic mass is 9.86. The Hall–Kier alpha value is -1.31. The lowest BCUT2D eigenvalue weighted by Crippen LogP contribution is -2.23. The summed E-state index contributed by atoms with van der Waals surface area (Å²) in [6, 6.07) is 2.45. The van der Waals surface area contributed by atoms with Gasteiger partial charge >= 0.3 is 5.97 Å². The number of carboxylic acids is 1. The van der Waals surface area contributed by atoms with Crippen molar-refractivity contribution in [3.05, 3.63) is 33.9 Å². The third kappa shape index (κ3) is 10.2. The van der Waals surface area contributed by atoms with Crippen LogP contribution >= 0.6 is 0 Å². The summed E-state index contributed by atoms with van der Waals surface area (Å²) in [6.45, 7) is 17.5. The molecule has 0 spiro atoms. The van der Waals surface area contributed by atoms with Gasteiger partial charge in [-0.2, -0.15) is 0 Å². The summed E-state index contributed by atoms with van der Waals surface area (Å²) >= 11 is 0. The maximum absolute atomic E-state index is 11.2. The highest BCUT2D eigenvalue weighted by molar-refractivity contribution is 5.73. The molecule has 0 aliphatic heterocycles. The van der Waals surface area contributed by atoms with Crippen LogP contribution in [0.4, 0.5) is 0 Å². The normalized spacial score (nSPS) is 12.4. The number of hydrogen-bond acceptors (Lipinski definition) is 1. The van der Waals surface area contributed by atoms with E-state index in [1.807, 2.05) is 13.8 Å². The number of carboxylic acid groups (broad SMARTS) is 1. The van der Waals surface area contributed by atoms with Crippen LogP contribution in [0.5, 0.6) is 0 Å². The second-order valence-corrected chi connectivity index (χ2v) is 11.7. The lowest BCUT2D eigenvalue weighted by Gasteiger charge is -2.19.